The van der Waals surface area contributed by atoms with Crippen molar-refractivity contribution in [3.63, 3.8) is 0 Å². The molecule has 234 valence electrons. The van der Waals surface area contributed by atoms with Crippen LogP contribution in [0.4, 0.5) is 0 Å². The van der Waals surface area contributed by atoms with Gasteiger partial charge in [0, 0.05) is 5.54 Å². The minimum Gasteiger partial charge on any atom is -0.346 e. The lowest BCUT2D eigenvalue weighted by Gasteiger charge is -2.46. The molecule has 0 spiro atoms. The molecule has 0 N–H and O–H groups in total. The third-order valence-electron chi connectivity index (χ3n) is 8.95. The summed E-state index contributed by atoms with van der Waals surface area (Å²) < 4.78 is 7.60. The van der Waals surface area contributed by atoms with E-state index in [1.54, 1.807) is 0 Å². The first-order valence-corrected chi connectivity index (χ1v) is 16.8. The number of hydroxylamine groups is 2. The maximum absolute atomic E-state index is 7.60. The van der Waals surface area contributed by atoms with E-state index in [2.05, 4.69) is 208 Å². The van der Waals surface area contributed by atoms with E-state index in [1.165, 1.54) is 16.7 Å². The van der Waals surface area contributed by atoms with Crippen molar-refractivity contribution in [2.45, 2.75) is 32.4 Å². The first-order chi connectivity index (χ1) is 23.5. The Bertz CT molecular complexity index is 2000. The molecule has 1 aliphatic rings. The summed E-state index contributed by atoms with van der Waals surface area (Å²) in [5.74, 6) is 0. The Morgan fingerprint density at radius 1 is 0.458 bits per heavy atom. The fourth-order valence-corrected chi connectivity index (χ4v) is 6.86. The van der Waals surface area contributed by atoms with Crippen molar-refractivity contribution >= 4 is 34.6 Å². The molecule has 2 nitrogen and oxygen atoms in total. The summed E-state index contributed by atoms with van der Waals surface area (Å²) >= 11 is 0. The van der Waals surface area contributed by atoms with E-state index in [0.29, 0.717) is 0 Å². The molecule has 48 heavy (non-hydrogen) atoms. The lowest BCUT2D eigenvalue weighted by molar-refractivity contribution is -0.147. The minimum absolute atomic E-state index is 0.244. The van der Waals surface area contributed by atoms with Gasteiger partial charge in [0.05, 0.1) is 6.04 Å². The molecule has 1 aliphatic heterocycles. The fraction of sp³-hybridized carbons (Fsp3) is 0.111. The third-order valence-corrected chi connectivity index (χ3v) is 8.95. The van der Waals surface area contributed by atoms with Crippen molar-refractivity contribution in [3.8, 4) is 0 Å². The van der Waals surface area contributed by atoms with Crippen LogP contribution in [0.5, 0.6) is 0 Å². The largest absolute Gasteiger partial charge is 0.388 e. The van der Waals surface area contributed by atoms with E-state index < -0.39 is 6.92 Å². The molecule has 0 aromatic heterocycles. The van der Waals surface area contributed by atoms with Gasteiger partial charge in [-0.05, 0) is 76.2 Å². The van der Waals surface area contributed by atoms with Gasteiger partial charge in [-0.2, -0.15) is 5.06 Å². The third kappa shape index (κ3) is 6.36. The minimum atomic E-state index is -0.412. The van der Waals surface area contributed by atoms with Crippen LogP contribution in [0.3, 0.4) is 0 Å². The maximum Gasteiger partial charge on any atom is 0.388 e. The molecule has 1 unspecified atom stereocenters. The van der Waals surface area contributed by atoms with Crippen LogP contribution >= 0.6 is 0 Å². The van der Waals surface area contributed by atoms with Crippen LogP contribution in [-0.2, 0) is 4.76 Å². The Kier molecular flexibility index (Phi) is 9.07. The van der Waals surface area contributed by atoms with Crippen LogP contribution in [0.25, 0.3) is 22.2 Å². The van der Waals surface area contributed by atoms with Gasteiger partial charge in [0.2, 0.25) is 0 Å². The smallest absolute Gasteiger partial charge is 0.346 e. The Labute approximate surface area is 285 Å². The number of allylic oxidation sites excluding steroid dienone is 2. The second-order valence-electron chi connectivity index (χ2n) is 13.2. The van der Waals surface area contributed by atoms with Crippen molar-refractivity contribution in [1.29, 1.82) is 0 Å². The van der Waals surface area contributed by atoms with Gasteiger partial charge in [-0.25, -0.2) is 0 Å². The average Bonchev–Trinajstić information content (AvgIpc) is 3.13. The van der Waals surface area contributed by atoms with Crippen LogP contribution in [0.1, 0.15) is 54.6 Å². The molecular weight excluding hydrogens is 581 g/mol. The SMILES string of the molecule is CC(C)(C)N1OB(c2ccccc2)/C(c2ccccc2)=C(c2ccccc2)\C(c2ccccc2)=C(\c2ccccc2)C1c1ccccc1. The van der Waals surface area contributed by atoms with Crippen LogP contribution in [0.15, 0.2) is 182 Å². The standard InChI is InChI=1S/C45H40BNO/c1-45(2,3)47-44(38-30-18-8-19-31-38)42(36-26-14-6-15-27-36)40(34-22-10-4-11-23-34)41(35-24-12-5-13-25-35)43(37-28-16-7-17-29-37)46(48-47)39-32-20-9-21-33-39/h4-33,44H,1-3H3/b42-40-,43-41-. The van der Waals surface area contributed by atoms with E-state index in [1.807, 2.05) is 0 Å². The van der Waals surface area contributed by atoms with Gasteiger partial charge in [0.25, 0.3) is 0 Å². The molecule has 6 aromatic carbocycles. The Hall–Kier alpha value is -5.22. The second kappa shape index (κ2) is 13.9. The Morgan fingerprint density at radius 3 is 1.33 bits per heavy atom. The molecule has 0 radical (unpaired) electrons. The summed E-state index contributed by atoms with van der Waals surface area (Å²) in [7, 11) is 0. The van der Waals surface area contributed by atoms with Crippen molar-refractivity contribution in [2.24, 2.45) is 0 Å². The topological polar surface area (TPSA) is 12.5 Å². The highest BCUT2D eigenvalue weighted by molar-refractivity contribution is 6.87. The zero-order valence-corrected chi connectivity index (χ0v) is 27.8. The molecule has 0 aliphatic carbocycles. The number of benzene rings is 6. The Morgan fingerprint density at radius 2 is 0.854 bits per heavy atom. The lowest BCUT2D eigenvalue weighted by atomic mass is 9.50. The summed E-state index contributed by atoms with van der Waals surface area (Å²) in [6.45, 7) is 6.34. The molecule has 0 amide bonds. The van der Waals surface area contributed by atoms with Gasteiger partial charge in [-0.1, -0.05) is 182 Å². The quantitative estimate of drug-likeness (QED) is 0.172. The van der Waals surface area contributed by atoms with E-state index in [4.69, 9.17) is 4.76 Å². The second-order valence-corrected chi connectivity index (χ2v) is 13.2. The molecule has 7 rings (SSSR count). The molecule has 0 bridgehead atoms. The van der Waals surface area contributed by atoms with Gasteiger partial charge in [0.1, 0.15) is 0 Å². The predicted octanol–water partition coefficient (Wildman–Crippen LogP) is 10.4. The van der Waals surface area contributed by atoms with Gasteiger partial charge in [-0.15, -0.1) is 0 Å². The predicted molar refractivity (Wildman–Crippen MR) is 203 cm³/mol. The number of hydrogen-bond acceptors (Lipinski definition) is 2. The monoisotopic (exact) mass is 621 g/mol. The number of hydrogen-bond donors (Lipinski definition) is 0. The van der Waals surface area contributed by atoms with Crippen LogP contribution in [0.2, 0.25) is 0 Å². The summed E-state index contributed by atoms with van der Waals surface area (Å²) in [6.07, 6.45) is 0. The first-order valence-electron chi connectivity index (χ1n) is 16.8. The van der Waals surface area contributed by atoms with Gasteiger partial charge >= 0.3 is 6.92 Å². The molecule has 0 fully saturated rings. The normalized spacial score (nSPS) is 19.1. The Balaban J connectivity index is 1.76. The lowest BCUT2D eigenvalue weighted by Crippen LogP contribution is -2.52. The van der Waals surface area contributed by atoms with Crippen molar-refractivity contribution in [1.82, 2.24) is 5.06 Å². The highest BCUT2D eigenvalue weighted by Crippen LogP contribution is 2.51. The summed E-state index contributed by atoms with van der Waals surface area (Å²) in [5.41, 5.74) is 11.1. The average molecular weight is 622 g/mol. The van der Waals surface area contributed by atoms with Crippen LogP contribution in [0, 0.1) is 0 Å². The number of rotatable bonds is 6. The van der Waals surface area contributed by atoms with Gasteiger partial charge < -0.3 is 4.76 Å². The molecule has 3 heteroatoms. The summed E-state index contributed by atoms with van der Waals surface area (Å²) in [6, 6.07) is 64.7. The van der Waals surface area contributed by atoms with E-state index in [-0.39, 0.29) is 11.6 Å². The molecule has 0 saturated carbocycles. The summed E-state index contributed by atoms with van der Waals surface area (Å²) in [5, 5.41) is 2.26. The van der Waals surface area contributed by atoms with E-state index >= 15 is 0 Å². The van der Waals surface area contributed by atoms with Crippen molar-refractivity contribution in [2.75, 3.05) is 0 Å². The van der Waals surface area contributed by atoms with E-state index in [0.717, 1.165) is 38.8 Å². The van der Waals surface area contributed by atoms with Crippen molar-refractivity contribution in [3.05, 3.63) is 210 Å². The molecule has 1 atom stereocenters. The zero-order valence-electron chi connectivity index (χ0n) is 27.8. The summed E-state index contributed by atoms with van der Waals surface area (Å²) in [4.78, 5) is 0. The van der Waals surface area contributed by atoms with Crippen molar-refractivity contribution < 1.29 is 4.76 Å². The highest BCUT2D eigenvalue weighted by atomic mass is 16.7. The fourth-order valence-electron chi connectivity index (χ4n) is 6.86. The maximum atomic E-state index is 7.60. The zero-order chi connectivity index (χ0) is 32.9. The molecule has 0 saturated heterocycles. The first kappa shape index (κ1) is 31.4. The molecule has 6 aromatic rings. The molecule has 1 heterocycles. The van der Waals surface area contributed by atoms with Gasteiger partial charge in [0.15, 0.2) is 0 Å². The van der Waals surface area contributed by atoms with E-state index in [9.17, 15) is 0 Å². The highest BCUT2D eigenvalue weighted by Gasteiger charge is 2.43. The van der Waals surface area contributed by atoms with Gasteiger partial charge in [-0.3, -0.25) is 0 Å². The van der Waals surface area contributed by atoms with Crippen LogP contribution < -0.4 is 5.46 Å². The molecular formula is C45H40BNO. The number of nitrogens with zero attached hydrogens (tertiary/aromatic N) is 1. The van der Waals surface area contributed by atoms with Crippen LogP contribution in [-0.4, -0.2) is 17.5 Å².